The molecule has 1 unspecified atom stereocenters. The number of rotatable bonds is 8. The van der Waals surface area contributed by atoms with E-state index in [4.69, 9.17) is 61.6 Å². The van der Waals surface area contributed by atoms with Gasteiger partial charge in [0.2, 0.25) is 64.1 Å². The van der Waals surface area contributed by atoms with E-state index in [0.717, 1.165) is 0 Å². The zero-order valence-corrected chi connectivity index (χ0v) is 60.2. The number of esters is 9. The number of fused-ring (bicyclic) bond motifs is 12. The highest BCUT2D eigenvalue weighted by Gasteiger charge is 2.58. The summed E-state index contributed by atoms with van der Waals surface area (Å²) < 4.78 is 73.7. The van der Waals surface area contributed by atoms with Crippen LogP contribution in [-0.2, 0) is 52.1 Å². The molecule has 9 aromatic carbocycles. The van der Waals surface area contributed by atoms with Crippen LogP contribution in [0.3, 0.4) is 0 Å². The third kappa shape index (κ3) is 14.0. The SMILES string of the molecule is O=C1O[C@@H]2O[C@@H]3COC(=O)c4cc(O)c(O)c(O)c4-c4c(cc(O)c(O)c4O)C(=O)O[C@H]3[C@H](OC(=O)c3cc(O)c(O)c(O)c3)[C@H]2OC(=O)c2cc(Oc3c(C(=O)O[C@H]4C(O)O[C@@H]5COC(=O)c6cc(O)c(O)c(O)c6-c6c(cc(O)c(O)c6O)C(=O)O[C@H]5[C@@H]4OC(=O)c4cc(O)c(O)c(O)c4)cc(O)c(O)c3O)c(O)c(O)c2Oc2cc1cc(O)c2O. The van der Waals surface area contributed by atoms with Gasteiger partial charge in [0.1, 0.15) is 36.5 Å². The summed E-state index contributed by atoms with van der Waals surface area (Å²) in [4.78, 5) is 132. The second-order valence-electron chi connectivity index (χ2n) is 26.7. The van der Waals surface area contributed by atoms with Crippen molar-refractivity contribution in [2.45, 2.75) is 61.4 Å². The smallest absolute Gasteiger partial charge is 0.342 e. The molecule has 0 amide bonds. The average Bonchev–Trinajstić information content (AvgIpc) is 1.73. The largest absolute Gasteiger partial charge is 0.504 e. The number of aliphatic hydroxyl groups excluding tert-OH is 1. The van der Waals surface area contributed by atoms with Gasteiger partial charge in [0.05, 0.1) is 38.9 Å². The summed E-state index contributed by atoms with van der Waals surface area (Å²) in [7, 11) is 0. The van der Waals surface area contributed by atoms with E-state index >= 15 is 14.4 Å². The van der Waals surface area contributed by atoms with Gasteiger partial charge in [-0.25, -0.2) is 43.2 Å². The van der Waals surface area contributed by atoms with Crippen LogP contribution in [0.15, 0.2) is 72.8 Å². The number of aromatic hydroxyl groups is 25. The maximum absolute atomic E-state index is 15.6. The molecule has 9 aromatic rings. The predicted octanol–water partition coefficient (Wildman–Crippen LogP) is 3.15. The maximum Gasteiger partial charge on any atom is 0.342 e. The normalized spacial score (nSPS) is 20.4. The van der Waals surface area contributed by atoms with Crippen LogP contribution in [0.4, 0.5) is 0 Å². The lowest BCUT2D eigenvalue weighted by atomic mass is 9.92. The lowest BCUT2D eigenvalue weighted by Gasteiger charge is -2.44. The Hall–Kier alpha value is -17.3. The van der Waals surface area contributed by atoms with E-state index in [2.05, 4.69) is 0 Å². The van der Waals surface area contributed by atoms with E-state index < -0.39 is 367 Å². The summed E-state index contributed by atoms with van der Waals surface area (Å²) in [5.74, 6) is -60.2. The third-order valence-corrected chi connectivity index (χ3v) is 19.2. The molecular weight excluding hydrogens is 1670 g/mol. The summed E-state index contributed by atoms with van der Waals surface area (Å²) in [5, 5.41) is 286. The van der Waals surface area contributed by atoms with E-state index in [1.54, 1.807) is 0 Å². The lowest BCUT2D eigenvalue weighted by Crippen LogP contribution is -2.63. The molecule has 26 N–H and O–H groups in total. The Bertz CT molecular complexity index is 6100. The Labute approximate surface area is 675 Å². The summed E-state index contributed by atoms with van der Waals surface area (Å²) in [6.45, 7) is -2.86. The van der Waals surface area contributed by atoms with Crippen molar-refractivity contribution in [1.29, 1.82) is 0 Å². The molecule has 0 spiro atoms. The molecule has 2 fully saturated rings. The van der Waals surface area contributed by atoms with Crippen molar-refractivity contribution in [3.8, 4) is 189 Å². The molecule has 5 aliphatic heterocycles. The number of aliphatic hydroxyl groups is 1. The molecule has 5 heterocycles. The summed E-state index contributed by atoms with van der Waals surface area (Å²) in [6, 6.07) is 4.22. The minimum Gasteiger partial charge on any atom is -0.504 e. The molecule has 0 aliphatic carbocycles. The molecule has 14 rings (SSSR count). The molecule has 5 aliphatic rings. The van der Waals surface area contributed by atoms with Crippen LogP contribution >= 0.6 is 0 Å². The molecule has 48 nitrogen and oxygen atoms in total. The molecule has 640 valence electrons. The van der Waals surface area contributed by atoms with Crippen molar-refractivity contribution >= 4 is 53.7 Å². The highest BCUT2D eigenvalue weighted by molar-refractivity contribution is 6.10. The first-order chi connectivity index (χ1) is 58.0. The van der Waals surface area contributed by atoms with E-state index in [1.165, 1.54) is 0 Å². The quantitative estimate of drug-likeness (QED) is 0.0590. The topological polar surface area (TPSA) is 800 Å². The number of phenolic OH excluding ortho intramolecular Hbond substituents is 25. The monoisotopic (exact) mass is 1720 g/mol. The molecule has 0 saturated carbocycles. The van der Waals surface area contributed by atoms with E-state index in [-0.39, 0.29) is 18.2 Å². The number of ether oxygens (including phenoxy) is 13. The summed E-state index contributed by atoms with van der Waals surface area (Å²) in [5.41, 5.74) is -15.6. The van der Waals surface area contributed by atoms with Gasteiger partial charge in [0.15, 0.2) is 152 Å². The molecule has 123 heavy (non-hydrogen) atoms. The maximum atomic E-state index is 15.6. The second-order valence-corrected chi connectivity index (χ2v) is 26.7. The van der Waals surface area contributed by atoms with Crippen LogP contribution in [0.25, 0.3) is 22.3 Å². The highest BCUT2D eigenvalue weighted by atomic mass is 16.8. The molecule has 2 saturated heterocycles. The Morgan fingerprint density at radius 2 is 0.691 bits per heavy atom. The Morgan fingerprint density at radius 3 is 1.15 bits per heavy atom. The molecule has 10 atom stereocenters. The first-order valence-electron chi connectivity index (χ1n) is 34.2. The van der Waals surface area contributed by atoms with Gasteiger partial charge in [-0.1, -0.05) is 0 Å². The van der Waals surface area contributed by atoms with Gasteiger partial charge in [0.25, 0.3) is 0 Å². The molecular formula is C75H52O48. The van der Waals surface area contributed by atoms with Gasteiger partial charge in [-0.2, -0.15) is 0 Å². The predicted molar refractivity (Wildman–Crippen MR) is 378 cm³/mol. The standard InChI is InChI=1S/C75H52O48/c76-24-1-15(2-25(77)42(24)86)65(101)119-61-59-36(13-111-68(104)18-7-29(81)45(89)51(95)38(18)40-20(70(106)117-59)9-31(83)47(91)53(40)97)115-74(110)63(61)121-72(108)22-11-33(85)49(93)55(99)57(22)114-35-12-23-58(56(100)50(35)94)113-34-6-17(5-28(80)44(34)88)67(103)123-75-64(122-73(23)109)62(120-66(102)16-3-26(78)43(87)27(79)4-16)60-37(116-75)14-112-69(105)19-8-30(82)46(90)52(96)39(19)41-21(71(107)118-60)10-32(84)48(92)54(41)98/h1-12,36-37,59-64,74-100,110H,13-14H2/t36-,37-,59-,60-,61+,62+,63-,64-,74?,75+/m1/s1. The molecule has 0 aromatic heterocycles. The van der Waals surface area contributed by atoms with Gasteiger partial charge < -0.3 is 194 Å². The summed E-state index contributed by atoms with van der Waals surface area (Å²) >= 11 is 0. The van der Waals surface area contributed by atoms with E-state index in [9.17, 15) is 162 Å². The average molecular weight is 1720 g/mol. The Kier molecular flexibility index (Phi) is 20.3. The van der Waals surface area contributed by atoms with Gasteiger partial charge in [-0.15, -0.1) is 0 Å². The fourth-order valence-corrected chi connectivity index (χ4v) is 13.2. The van der Waals surface area contributed by atoms with Crippen molar-refractivity contribution in [2.24, 2.45) is 0 Å². The van der Waals surface area contributed by atoms with Crippen LogP contribution in [0.1, 0.15) is 93.2 Å². The van der Waals surface area contributed by atoms with Crippen molar-refractivity contribution in [3.05, 3.63) is 123 Å². The lowest BCUT2D eigenvalue weighted by molar-refractivity contribution is -0.284. The number of carbonyl (C=O) groups is 9. The fourth-order valence-electron chi connectivity index (χ4n) is 13.2. The van der Waals surface area contributed by atoms with Gasteiger partial charge in [0, 0.05) is 34.4 Å². The van der Waals surface area contributed by atoms with Gasteiger partial charge in [-0.3, -0.25) is 0 Å². The number of phenols is 25. The number of cyclic esters (lactones) is 2. The van der Waals surface area contributed by atoms with Crippen molar-refractivity contribution in [1.82, 2.24) is 0 Å². The zero-order valence-electron chi connectivity index (χ0n) is 60.2. The molecule has 0 radical (unpaired) electrons. The first kappa shape index (κ1) is 82.2. The van der Waals surface area contributed by atoms with E-state index in [0.29, 0.717) is 54.6 Å². The van der Waals surface area contributed by atoms with Crippen molar-refractivity contribution in [3.63, 3.8) is 0 Å². The van der Waals surface area contributed by atoms with Crippen LogP contribution < -0.4 is 9.47 Å². The van der Waals surface area contributed by atoms with Crippen molar-refractivity contribution < 1.29 is 237 Å². The highest BCUT2D eigenvalue weighted by Crippen LogP contribution is 2.58. The van der Waals surface area contributed by atoms with Crippen LogP contribution in [-0.4, -0.2) is 261 Å². The minimum absolute atomic E-state index is 0.125. The van der Waals surface area contributed by atoms with Gasteiger partial charge >= 0.3 is 53.7 Å². The first-order valence-corrected chi connectivity index (χ1v) is 34.2. The molecule has 2 bridgehead atoms. The van der Waals surface area contributed by atoms with E-state index in [1.807, 2.05) is 0 Å². The van der Waals surface area contributed by atoms with Crippen molar-refractivity contribution in [2.75, 3.05) is 13.2 Å². The number of carbonyl (C=O) groups excluding carboxylic acids is 9. The van der Waals surface area contributed by atoms with Gasteiger partial charge in [-0.05, 0) is 60.7 Å². The number of benzene rings is 9. The van der Waals surface area contributed by atoms with Crippen LogP contribution in [0.2, 0.25) is 0 Å². The fraction of sp³-hybridized carbons (Fsp3) is 0.160. The third-order valence-electron chi connectivity index (χ3n) is 19.2. The second kappa shape index (κ2) is 30.3. The van der Waals surface area contributed by atoms with Crippen LogP contribution in [0.5, 0.6) is 167 Å². The zero-order chi connectivity index (χ0) is 89.3. The Balaban J connectivity index is 0.890. The number of hydrogen-bond donors (Lipinski definition) is 26. The molecule has 48 heteroatoms. The Morgan fingerprint density at radius 1 is 0.317 bits per heavy atom. The minimum atomic E-state index is -2.94. The van der Waals surface area contributed by atoms with Crippen LogP contribution in [0, 0.1) is 0 Å². The summed E-state index contributed by atoms with van der Waals surface area (Å²) in [6.07, 6.45) is -27.4. The number of hydrogen-bond acceptors (Lipinski definition) is 48.